The Bertz CT molecular complexity index is 663. The Morgan fingerprint density at radius 2 is 2.15 bits per heavy atom. The molecule has 0 unspecified atom stereocenters. The van der Waals surface area contributed by atoms with Gasteiger partial charge in [0, 0.05) is 38.9 Å². The smallest absolute Gasteiger partial charge is 0.251 e. The highest BCUT2D eigenvalue weighted by molar-refractivity contribution is 5.95. The topological polar surface area (TPSA) is 71.1 Å². The molecule has 7 nitrogen and oxygen atoms in total. The van der Waals surface area contributed by atoms with E-state index >= 15 is 0 Å². The lowest BCUT2D eigenvalue weighted by atomic mass is 10.1. The number of rotatable bonds is 8. The average molecular weight is 377 g/mol. The molecule has 0 fully saturated rings. The van der Waals surface area contributed by atoms with Crippen LogP contribution < -0.4 is 15.0 Å². The van der Waals surface area contributed by atoms with E-state index in [0.717, 1.165) is 11.4 Å². The zero-order valence-electron chi connectivity index (χ0n) is 16.9. The van der Waals surface area contributed by atoms with Crippen LogP contribution in [0.15, 0.2) is 18.2 Å². The SMILES string of the molecule is CCN(C(=O)C[C@H]1COc2ccc(C(=O)NCCOC)cc2N1C)C(C)C. The number of nitrogens with one attached hydrogen (secondary N) is 1. The summed E-state index contributed by atoms with van der Waals surface area (Å²) < 4.78 is 10.8. The normalized spacial score (nSPS) is 15.9. The summed E-state index contributed by atoms with van der Waals surface area (Å²) in [6, 6.07) is 5.48. The van der Waals surface area contributed by atoms with Crippen molar-refractivity contribution in [3.05, 3.63) is 23.8 Å². The number of fused-ring (bicyclic) bond motifs is 1. The van der Waals surface area contributed by atoms with Crippen molar-refractivity contribution in [1.29, 1.82) is 0 Å². The third-order valence-corrected chi connectivity index (χ3v) is 4.87. The van der Waals surface area contributed by atoms with Gasteiger partial charge in [0.2, 0.25) is 5.91 Å². The first-order chi connectivity index (χ1) is 12.9. The van der Waals surface area contributed by atoms with Gasteiger partial charge in [-0.1, -0.05) is 0 Å². The van der Waals surface area contributed by atoms with E-state index in [2.05, 4.69) is 5.32 Å². The highest BCUT2D eigenvalue weighted by Gasteiger charge is 2.29. The number of carbonyl (C=O) groups excluding carboxylic acids is 2. The van der Waals surface area contributed by atoms with Gasteiger partial charge in [-0.05, 0) is 39.0 Å². The number of anilines is 1. The predicted molar refractivity (Wildman–Crippen MR) is 105 cm³/mol. The number of carbonyl (C=O) groups is 2. The van der Waals surface area contributed by atoms with Crippen LogP contribution in [0, 0.1) is 0 Å². The number of nitrogens with zero attached hydrogens (tertiary/aromatic N) is 2. The highest BCUT2D eigenvalue weighted by atomic mass is 16.5. The van der Waals surface area contributed by atoms with Crippen molar-refractivity contribution in [3.8, 4) is 5.75 Å². The van der Waals surface area contributed by atoms with E-state index in [4.69, 9.17) is 9.47 Å². The van der Waals surface area contributed by atoms with Gasteiger partial charge in [0.1, 0.15) is 12.4 Å². The summed E-state index contributed by atoms with van der Waals surface area (Å²) in [7, 11) is 3.54. The molecule has 1 aromatic carbocycles. The van der Waals surface area contributed by atoms with Gasteiger partial charge in [-0.15, -0.1) is 0 Å². The molecule has 1 aromatic rings. The van der Waals surface area contributed by atoms with Crippen molar-refractivity contribution in [2.75, 3.05) is 45.4 Å². The van der Waals surface area contributed by atoms with Crippen molar-refractivity contribution in [2.24, 2.45) is 0 Å². The van der Waals surface area contributed by atoms with E-state index in [0.29, 0.717) is 38.3 Å². The molecular formula is C20H31N3O4. The first kappa shape index (κ1) is 21.0. The van der Waals surface area contributed by atoms with E-state index < -0.39 is 0 Å². The molecule has 1 N–H and O–H groups in total. The van der Waals surface area contributed by atoms with Crippen molar-refractivity contribution in [2.45, 2.75) is 39.3 Å². The molecule has 7 heteroatoms. The van der Waals surface area contributed by atoms with Gasteiger partial charge in [0.15, 0.2) is 0 Å². The van der Waals surface area contributed by atoms with Crippen LogP contribution in [0.25, 0.3) is 0 Å². The fourth-order valence-electron chi connectivity index (χ4n) is 3.26. The molecule has 1 aliphatic rings. The Labute approximate surface area is 161 Å². The summed E-state index contributed by atoms with van der Waals surface area (Å²) >= 11 is 0. The molecule has 1 heterocycles. The van der Waals surface area contributed by atoms with Gasteiger partial charge in [-0.3, -0.25) is 9.59 Å². The van der Waals surface area contributed by atoms with E-state index in [9.17, 15) is 9.59 Å². The largest absolute Gasteiger partial charge is 0.489 e. The molecule has 0 spiro atoms. The lowest BCUT2D eigenvalue weighted by molar-refractivity contribution is -0.133. The van der Waals surface area contributed by atoms with Crippen LogP contribution in [-0.4, -0.2) is 69.3 Å². The zero-order valence-corrected chi connectivity index (χ0v) is 16.9. The molecule has 0 radical (unpaired) electrons. The first-order valence-corrected chi connectivity index (χ1v) is 9.45. The maximum absolute atomic E-state index is 12.6. The summed E-state index contributed by atoms with van der Waals surface area (Å²) in [6.45, 7) is 8.09. The summed E-state index contributed by atoms with van der Waals surface area (Å²) in [5.74, 6) is 0.689. The molecule has 1 atom stereocenters. The van der Waals surface area contributed by atoms with Crippen LogP contribution in [0.1, 0.15) is 37.6 Å². The van der Waals surface area contributed by atoms with Crippen LogP contribution in [0.4, 0.5) is 5.69 Å². The summed E-state index contributed by atoms with van der Waals surface area (Å²) in [5.41, 5.74) is 1.38. The second-order valence-corrected chi connectivity index (χ2v) is 6.98. The number of amides is 2. The van der Waals surface area contributed by atoms with Gasteiger partial charge in [-0.25, -0.2) is 0 Å². The lowest BCUT2D eigenvalue weighted by Crippen LogP contribution is -2.46. The molecule has 27 heavy (non-hydrogen) atoms. The summed E-state index contributed by atoms with van der Waals surface area (Å²) in [4.78, 5) is 28.8. The van der Waals surface area contributed by atoms with Crippen molar-refractivity contribution in [3.63, 3.8) is 0 Å². The maximum atomic E-state index is 12.6. The van der Waals surface area contributed by atoms with Crippen LogP contribution in [0.2, 0.25) is 0 Å². The Morgan fingerprint density at radius 3 is 2.78 bits per heavy atom. The number of benzene rings is 1. The maximum Gasteiger partial charge on any atom is 0.251 e. The number of likely N-dealkylation sites (N-methyl/N-ethyl adjacent to an activating group) is 1. The molecule has 0 aromatic heterocycles. The number of ether oxygens (including phenoxy) is 2. The quantitative estimate of drug-likeness (QED) is 0.701. The van der Waals surface area contributed by atoms with Gasteiger partial charge < -0.3 is 24.6 Å². The predicted octanol–water partition coefficient (Wildman–Crippen LogP) is 1.91. The average Bonchev–Trinajstić information content (AvgIpc) is 2.64. The Morgan fingerprint density at radius 1 is 1.41 bits per heavy atom. The zero-order chi connectivity index (χ0) is 20.0. The van der Waals surface area contributed by atoms with E-state index in [-0.39, 0.29) is 23.9 Å². The third kappa shape index (κ3) is 5.13. The Balaban J connectivity index is 2.10. The Kier molecular flexibility index (Phi) is 7.47. The van der Waals surface area contributed by atoms with Crippen molar-refractivity contribution in [1.82, 2.24) is 10.2 Å². The van der Waals surface area contributed by atoms with Crippen LogP contribution in [-0.2, 0) is 9.53 Å². The molecule has 150 valence electrons. The molecule has 1 aliphatic heterocycles. The van der Waals surface area contributed by atoms with E-state index in [1.54, 1.807) is 13.2 Å². The molecule has 0 saturated carbocycles. The standard InChI is InChI=1S/C20H31N3O4/c1-6-23(14(2)3)19(24)12-16-13-27-18-8-7-15(11-17(18)22(16)4)20(25)21-9-10-26-5/h7-8,11,14,16H,6,9-10,12-13H2,1-5H3,(H,21,25)/t16-/m0/s1. The summed E-state index contributed by atoms with van der Waals surface area (Å²) in [6.07, 6.45) is 0.381. The molecule has 2 rings (SSSR count). The fourth-order valence-corrected chi connectivity index (χ4v) is 3.26. The fraction of sp³-hybridized carbons (Fsp3) is 0.600. The molecule has 0 saturated heterocycles. The molecule has 0 bridgehead atoms. The van der Waals surface area contributed by atoms with Crippen molar-refractivity contribution >= 4 is 17.5 Å². The van der Waals surface area contributed by atoms with Crippen LogP contribution in [0.3, 0.4) is 0 Å². The monoisotopic (exact) mass is 377 g/mol. The number of hydrogen-bond acceptors (Lipinski definition) is 5. The summed E-state index contributed by atoms with van der Waals surface area (Å²) in [5, 5.41) is 2.82. The number of hydrogen-bond donors (Lipinski definition) is 1. The molecule has 2 amide bonds. The van der Waals surface area contributed by atoms with Gasteiger partial charge in [0.05, 0.1) is 24.8 Å². The highest BCUT2D eigenvalue weighted by Crippen LogP contribution is 2.34. The second kappa shape index (κ2) is 9.60. The minimum Gasteiger partial charge on any atom is -0.489 e. The third-order valence-electron chi connectivity index (χ3n) is 4.87. The van der Waals surface area contributed by atoms with Crippen molar-refractivity contribution < 1.29 is 19.1 Å². The van der Waals surface area contributed by atoms with E-state index in [1.165, 1.54) is 0 Å². The lowest BCUT2D eigenvalue weighted by Gasteiger charge is -2.37. The minimum absolute atomic E-state index is 0.0652. The van der Waals surface area contributed by atoms with Gasteiger partial charge in [0.25, 0.3) is 5.91 Å². The van der Waals surface area contributed by atoms with Gasteiger partial charge >= 0.3 is 0 Å². The van der Waals surface area contributed by atoms with Crippen LogP contribution >= 0.6 is 0 Å². The minimum atomic E-state index is -0.154. The number of methoxy groups -OCH3 is 1. The second-order valence-electron chi connectivity index (χ2n) is 6.98. The van der Waals surface area contributed by atoms with Crippen LogP contribution in [0.5, 0.6) is 5.75 Å². The molecule has 0 aliphatic carbocycles. The Hall–Kier alpha value is -2.28. The van der Waals surface area contributed by atoms with Gasteiger partial charge in [-0.2, -0.15) is 0 Å². The first-order valence-electron chi connectivity index (χ1n) is 9.45. The molecular weight excluding hydrogens is 346 g/mol. The van der Waals surface area contributed by atoms with E-state index in [1.807, 2.05) is 49.8 Å².